The number of imide groups is 1. The molecule has 112 valence electrons. The van der Waals surface area contributed by atoms with E-state index in [2.05, 4.69) is 0 Å². The minimum absolute atomic E-state index is 0.190. The number of carbonyl (C=O) groups is 2. The van der Waals surface area contributed by atoms with Gasteiger partial charge in [0.25, 0.3) is 11.8 Å². The molecule has 1 fully saturated rings. The second kappa shape index (κ2) is 4.88. The van der Waals surface area contributed by atoms with E-state index in [4.69, 9.17) is 0 Å². The van der Waals surface area contributed by atoms with Gasteiger partial charge in [0, 0.05) is 0 Å². The molecule has 4 N–H and O–H groups in total. The smallest absolute Gasteiger partial charge is 0.261 e. The van der Waals surface area contributed by atoms with Crippen LogP contribution in [0.2, 0.25) is 0 Å². The number of hydrogen-bond acceptors (Lipinski definition) is 6. The van der Waals surface area contributed by atoms with Crippen molar-refractivity contribution in [2.45, 2.75) is 36.9 Å². The predicted molar refractivity (Wildman–Crippen MR) is 69.4 cm³/mol. The van der Waals surface area contributed by atoms with Gasteiger partial charge in [0.05, 0.1) is 23.3 Å². The van der Waals surface area contributed by atoms with Crippen molar-refractivity contribution >= 4 is 11.8 Å². The summed E-state index contributed by atoms with van der Waals surface area (Å²) in [5.41, 5.74) is 0.453. The zero-order valence-electron chi connectivity index (χ0n) is 11.0. The van der Waals surface area contributed by atoms with Crippen LogP contribution in [0.25, 0.3) is 0 Å². The first-order valence-corrected chi connectivity index (χ1v) is 6.62. The van der Waals surface area contributed by atoms with Crippen molar-refractivity contribution in [2.24, 2.45) is 0 Å². The van der Waals surface area contributed by atoms with Crippen molar-refractivity contribution in [1.82, 2.24) is 4.90 Å². The minimum Gasteiger partial charge on any atom is -0.390 e. The molecule has 0 radical (unpaired) electrons. The van der Waals surface area contributed by atoms with E-state index in [9.17, 15) is 30.0 Å². The van der Waals surface area contributed by atoms with Gasteiger partial charge in [-0.25, -0.2) is 0 Å². The van der Waals surface area contributed by atoms with E-state index in [-0.39, 0.29) is 17.5 Å². The molecular weight excluding hydrogens is 278 g/mol. The maximum absolute atomic E-state index is 12.3. The molecule has 0 spiro atoms. The molecule has 0 bridgehead atoms. The van der Waals surface area contributed by atoms with Gasteiger partial charge in [0.15, 0.2) is 0 Å². The topological polar surface area (TPSA) is 118 Å². The van der Waals surface area contributed by atoms with Crippen LogP contribution >= 0.6 is 0 Å². The molecule has 1 aromatic rings. The van der Waals surface area contributed by atoms with Crippen LogP contribution < -0.4 is 0 Å². The fourth-order valence-electron chi connectivity index (χ4n) is 2.95. The number of aliphatic hydroxyl groups excluding tert-OH is 4. The molecule has 0 unspecified atom stereocenters. The third-order valence-electron chi connectivity index (χ3n) is 4.13. The summed E-state index contributed by atoms with van der Waals surface area (Å²) in [5, 5.41) is 39.0. The molecule has 1 saturated carbocycles. The van der Waals surface area contributed by atoms with E-state index in [0.717, 1.165) is 4.90 Å². The van der Waals surface area contributed by atoms with Crippen molar-refractivity contribution in [1.29, 1.82) is 0 Å². The van der Waals surface area contributed by atoms with E-state index in [1.807, 2.05) is 0 Å². The summed E-state index contributed by atoms with van der Waals surface area (Å²) in [7, 11) is 0. The summed E-state index contributed by atoms with van der Waals surface area (Å²) in [6, 6.07) is 5.18. The lowest BCUT2D eigenvalue weighted by Crippen LogP contribution is -2.61. The molecule has 21 heavy (non-hydrogen) atoms. The molecule has 1 aliphatic carbocycles. The highest BCUT2D eigenvalue weighted by molar-refractivity contribution is 6.21. The van der Waals surface area contributed by atoms with Gasteiger partial charge < -0.3 is 20.4 Å². The van der Waals surface area contributed by atoms with E-state index in [1.165, 1.54) is 12.1 Å². The average Bonchev–Trinajstić information content (AvgIpc) is 2.73. The Morgan fingerprint density at radius 3 is 1.90 bits per heavy atom. The van der Waals surface area contributed by atoms with Gasteiger partial charge in [-0.15, -0.1) is 0 Å². The van der Waals surface area contributed by atoms with Crippen molar-refractivity contribution in [3.63, 3.8) is 0 Å². The highest BCUT2D eigenvalue weighted by Gasteiger charge is 2.50. The average molecular weight is 293 g/mol. The maximum atomic E-state index is 12.3. The van der Waals surface area contributed by atoms with Gasteiger partial charge >= 0.3 is 0 Å². The summed E-state index contributed by atoms with van der Waals surface area (Å²) in [5.74, 6) is -1.15. The number of nitrogens with zero attached hydrogens (tertiary/aromatic N) is 1. The summed E-state index contributed by atoms with van der Waals surface area (Å²) in [6.45, 7) is 0. The lowest BCUT2D eigenvalue weighted by molar-refractivity contribution is -0.155. The molecule has 1 aromatic carbocycles. The number of carbonyl (C=O) groups excluding carboxylic acids is 2. The van der Waals surface area contributed by atoms with E-state index in [1.54, 1.807) is 12.1 Å². The fraction of sp³-hybridized carbons (Fsp3) is 0.429. The molecule has 7 heteroatoms. The van der Waals surface area contributed by atoms with Crippen molar-refractivity contribution in [3.8, 4) is 0 Å². The highest BCUT2D eigenvalue weighted by atomic mass is 16.4. The molecule has 0 saturated heterocycles. The standard InChI is InChI=1S/C14H15NO6/c16-9-5-8(10(17)12(19)11(9)18)15-13(20)6-3-1-2-4-7(6)14(15)21/h1-4,8-12,16-19H,5H2/t8-,9+,10+,11-,12+/m1/s1. The van der Waals surface area contributed by atoms with Crippen LogP contribution in [-0.2, 0) is 0 Å². The van der Waals surface area contributed by atoms with E-state index >= 15 is 0 Å². The van der Waals surface area contributed by atoms with E-state index in [0.29, 0.717) is 0 Å². The van der Waals surface area contributed by atoms with Gasteiger partial charge in [-0.3, -0.25) is 14.5 Å². The molecule has 0 aromatic heterocycles. The molecule has 3 rings (SSSR count). The molecule has 2 amide bonds. The largest absolute Gasteiger partial charge is 0.390 e. The SMILES string of the molecule is O=C1c2ccccc2C(=O)N1[C@@H]1C[C@H](O)[C@@H](O)[C@@H](O)[C@H]1O. The zero-order valence-corrected chi connectivity index (χ0v) is 11.0. The van der Waals surface area contributed by atoms with Crippen molar-refractivity contribution in [2.75, 3.05) is 0 Å². The molecule has 7 nitrogen and oxygen atoms in total. The molecular formula is C14H15NO6. The summed E-state index contributed by atoms with van der Waals surface area (Å²) in [4.78, 5) is 25.5. The number of rotatable bonds is 1. The van der Waals surface area contributed by atoms with Crippen LogP contribution in [0, 0.1) is 0 Å². The third-order valence-corrected chi connectivity index (χ3v) is 4.13. The Kier molecular flexibility index (Phi) is 3.29. The number of fused-ring (bicyclic) bond motifs is 1. The van der Waals surface area contributed by atoms with Gasteiger partial charge in [-0.1, -0.05) is 12.1 Å². The maximum Gasteiger partial charge on any atom is 0.261 e. The number of aliphatic hydroxyl groups is 4. The van der Waals surface area contributed by atoms with Crippen molar-refractivity contribution < 1.29 is 30.0 Å². The van der Waals surface area contributed by atoms with Gasteiger partial charge in [0.2, 0.25) is 0 Å². The van der Waals surface area contributed by atoms with Crippen LogP contribution in [0.4, 0.5) is 0 Å². The Morgan fingerprint density at radius 1 is 0.857 bits per heavy atom. The molecule has 5 atom stereocenters. The minimum atomic E-state index is -1.62. The first kappa shape index (κ1) is 14.2. The Hall–Kier alpha value is -1.80. The van der Waals surface area contributed by atoms with Crippen molar-refractivity contribution in [3.05, 3.63) is 35.4 Å². The predicted octanol–water partition coefficient (Wildman–Crippen LogP) is -1.50. The van der Waals surface area contributed by atoms with Gasteiger partial charge in [0.1, 0.15) is 18.3 Å². The number of benzene rings is 1. The third kappa shape index (κ3) is 1.97. The second-order valence-electron chi connectivity index (χ2n) is 5.37. The van der Waals surface area contributed by atoms with Gasteiger partial charge in [-0.2, -0.15) is 0 Å². The Bertz CT molecular complexity index is 568. The molecule has 1 heterocycles. The normalized spacial score (nSPS) is 36.0. The first-order chi connectivity index (χ1) is 9.93. The van der Waals surface area contributed by atoms with Crippen LogP contribution in [0.1, 0.15) is 27.1 Å². The molecule has 2 aliphatic rings. The quantitative estimate of drug-likeness (QED) is 0.468. The lowest BCUT2D eigenvalue weighted by atomic mass is 9.84. The van der Waals surface area contributed by atoms with E-state index < -0.39 is 42.3 Å². The fourth-order valence-corrected chi connectivity index (χ4v) is 2.95. The lowest BCUT2D eigenvalue weighted by Gasteiger charge is -2.41. The Morgan fingerprint density at radius 2 is 1.38 bits per heavy atom. The van der Waals surface area contributed by atoms with Crippen LogP contribution in [0.5, 0.6) is 0 Å². The highest BCUT2D eigenvalue weighted by Crippen LogP contribution is 2.31. The number of hydrogen-bond donors (Lipinski definition) is 4. The first-order valence-electron chi connectivity index (χ1n) is 6.62. The van der Waals surface area contributed by atoms with Crippen LogP contribution in [0.15, 0.2) is 24.3 Å². The molecule has 1 aliphatic heterocycles. The Labute approximate surface area is 120 Å². The monoisotopic (exact) mass is 293 g/mol. The van der Waals surface area contributed by atoms with Crippen LogP contribution in [0.3, 0.4) is 0 Å². The summed E-state index contributed by atoms with van der Waals surface area (Å²) >= 11 is 0. The summed E-state index contributed by atoms with van der Waals surface area (Å²) in [6.07, 6.45) is -6.15. The zero-order chi connectivity index (χ0) is 15.3. The Balaban J connectivity index is 1.95. The summed E-state index contributed by atoms with van der Waals surface area (Å²) < 4.78 is 0. The van der Waals surface area contributed by atoms with Crippen LogP contribution in [-0.4, -0.2) is 67.6 Å². The number of amides is 2. The second-order valence-corrected chi connectivity index (χ2v) is 5.37. The van der Waals surface area contributed by atoms with Gasteiger partial charge in [-0.05, 0) is 18.6 Å².